The molecule has 1 aliphatic heterocycles. The predicted molar refractivity (Wildman–Crippen MR) is 75.4 cm³/mol. The Hall–Kier alpha value is -1.27. The summed E-state index contributed by atoms with van der Waals surface area (Å²) in [5, 5.41) is 3.28. The van der Waals surface area contributed by atoms with Crippen LogP contribution in [0.3, 0.4) is 0 Å². The number of piperidine rings is 1. The van der Waals surface area contributed by atoms with E-state index in [4.69, 9.17) is 4.74 Å². The Kier molecular flexibility index (Phi) is 5.47. The standard InChI is InChI=1S/C15H21F3N2O/c1-19-13-5-3-7-20(10-13)9-12-4-2-6-14(8-12)21-11-15(16,17)18/h2,4,6,8,13,19H,3,5,7,9-11H2,1H3/t13-/m0/s1. The Bertz CT molecular complexity index is 451. The van der Waals surface area contributed by atoms with E-state index in [1.165, 1.54) is 6.42 Å². The van der Waals surface area contributed by atoms with Gasteiger partial charge in [-0.2, -0.15) is 13.2 Å². The van der Waals surface area contributed by atoms with Gasteiger partial charge in [0, 0.05) is 19.1 Å². The maximum absolute atomic E-state index is 12.2. The van der Waals surface area contributed by atoms with Crippen LogP contribution in [0.1, 0.15) is 18.4 Å². The van der Waals surface area contributed by atoms with Gasteiger partial charge >= 0.3 is 6.18 Å². The second-order valence-electron chi connectivity index (χ2n) is 5.41. The van der Waals surface area contributed by atoms with Gasteiger partial charge in [0.05, 0.1) is 0 Å². The maximum Gasteiger partial charge on any atom is 0.422 e. The predicted octanol–water partition coefficient (Wildman–Crippen LogP) is 2.81. The minimum absolute atomic E-state index is 0.270. The third kappa shape index (κ3) is 5.55. The summed E-state index contributed by atoms with van der Waals surface area (Å²) in [7, 11) is 1.96. The van der Waals surface area contributed by atoms with Crippen molar-refractivity contribution in [2.24, 2.45) is 0 Å². The minimum atomic E-state index is -4.30. The van der Waals surface area contributed by atoms with Gasteiger partial charge in [-0.1, -0.05) is 12.1 Å². The van der Waals surface area contributed by atoms with Crippen molar-refractivity contribution in [3.8, 4) is 5.75 Å². The van der Waals surface area contributed by atoms with Crippen LogP contribution in [0.25, 0.3) is 0 Å². The third-order valence-corrected chi connectivity index (χ3v) is 3.62. The summed E-state index contributed by atoms with van der Waals surface area (Å²) in [4.78, 5) is 2.31. The monoisotopic (exact) mass is 302 g/mol. The van der Waals surface area contributed by atoms with Gasteiger partial charge in [0.15, 0.2) is 6.61 Å². The average molecular weight is 302 g/mol. The van der Waals surface area contributed by atoms with Crippen LogP contribution in [0.5, 0.6) is 5.75 Å². The van der Waals surface area contributed by atoms with E-state index in [2.05, 4.69) is 10.2 Å². The van der Waals surface area contributed by atoms with E-state index in [-0.39, 0.29) is 5.75 Å². The summed E-state index contributed by atoms with van der Waals surface area (Å²) in [6, 6.07) is 7.39. The number of hydrogen-bond acceptors (Lipinski definition) is 3. The number of nitrogens with zero attached hydrogens (tertiary/aromatic N) is 1. The molecule has 1 aliphatic rings. The smallest absolute Gasteiger partial charge is 0.422 e. The van der Waals surface area contributed by atoms with Crippen LogP contribution in [0.4, 0.5) is 13.2 Å². The number of benzene rings is 1. The molecule has 1 fully saturated rings. The molecule has 0 spiro atoms. The third-order valence-electron chi connectivity index (χ3n) is 3.62. The number of alkyl halides is 3. The fraction of sp³-hybridized carbons (Fsp3) is 0.600. The summed E-state index contributed by atoms with van der Waals surface area (Å²) in [6.07, 6.45) is -2.00. The molecule has 0 saturated carbocycles. The van der Waals surface area contributed by atoms with Crippen molar-refractivity contribution < 1.29 is 17.9 Å². The second kappa shape index (κ2) is 7.13. The minimum Gasteiger partial charge on any atom is -0.484 e. The Labute approximate surface area is 123 Å². The highest BCUT2D eigenvalue weighted by atomic mass is 19.4. The lowest BCUT2D eigenvalue weighted by Gasteiger charge is -2.32. The number of hydrogen-bond donors (Lipinski definition) is 1. The zero-order valence-electron chi connectivity index (χ0n) is 12.1. The maximum atomic E-state index is 12.2. The number of likely N-dealkylation sites (tertiary alicyclic amines) is 1. The van der Waals surface area contributed by atoms with E-state index in [1.807, 2.05) is 13.1 Å². The molecule has 0 amide bonds. The van der Waals surface area contributed by atoms with Gasteiger partial charge < -0.3 is 10.1 Å². The van der Waals surface area contributed by atoms with Crippen molar-refractivity contribution in [2.75, 3.05) is 26.7 Å². The zero-order valence-corrected chi connectivity index (χ0v) is 12.1. The number of rotatable bonds is 5. The van der Waals surface area contributed by atoms with Crippen LogP contribution >= 0.6 is 0 Å². The van der Waals surface area contributed by atoms with Crippen molar-refractivity contribution in [1.82, 2.24) is 10.2 Å². The average Bonchev–Trinajstić information content (AvgIpc) is 2.45. The first kappa shape index (κ1) is 16.1. The molecule has 1 aromatic rings. The Balaban J connectivity index is 1.91. The van der Waals surface area contributed by atoms with Gasteiger partial charge in [0.25, 0.3) is 0 Å². The fourth-order valence-corrected chi connectivity index (χ4v) is 2.59. The molecule has 1 atom stereocenters. The first-order valence-corrected chi connectivity index (χ1v) is 7.14. The normalized spacial score (nSPS) is 20.5. The van der Waals surface area contributed by atoms with Crippen molar-refractivity contribution in [2.45, 2.75) is 31.6 Å². The molecule has 21 heavy (non-hydrogen) atoms. The molecule has 0 aliphatic carbocycles. The summed E-state index contributed by atoms with van der Waals surface area (Å²) >= 11 is 0. The fourth-order valence-electron chi connectivity index (χ4n) is 2.59. The molecule has 1 N–H and O–H groups in total. The van der Waals surface area contributed by atoms with Crippen LogP contribution < -0.4 is 10.1 Å². The molecule has 0 unspecified atom stereocenters. The van der Waals surface area contributed by atoms with Gasteiger partial charge in [0.1, 0.15) is 5.75 Å². The van der Waals surface area contributed by atoms with E-state index in [9.17, 15) is 13.2 Å². The summed E-state index contributed by atoms with van der Waals surface area (Å²) in [5.74, 6) is 0.270. The molecule has 118 valence electrons. The summed E-state index contributed by atoms with van der Waals surface area (Å²) in [5.41, 5.74) is 0.978. The SMILES string of the molecule is CN[C@H]1CCCN(Cc2cccc(OCC(F)(F)F)c2)C1. The molecule has 1 aromatic carbocycles. The van der Waals surface area contributed by atoms with E-state index >= 15 is 0 Å². The molecular formula is C15H21F3N2O. The molecule has 3 nitrogen and oxygen atoms in total. The van der Waals surface area contributed by atoms with Crippen molar-refractivity contribution in [3.05, 3.63) is 29.8 Å². The molecule has 0 aromatic heterocycles. The van der Waals surface area contributed by atoms with Crippen molar-refractivity contribution in [3.63, 3.8) is 0 Å². The molecule has 0 bridgehead atoms. The van der Waals surface area contributed by atoms with Crippen LogP contribution in [0, 0.1) is 0 Å². The quantitative estimate of drug-likeness (QED) is 0.905. The molecule has 2 rings (SSSR count). The van der Waals surface area contributed by atoms with Gasteiger partial charge in [0.2, 0.25) is 0 Å². The first-order chi connectivity index (χ1) is 9.96. The number of halogens is 3. The van der Waals surface area contributed by atoms with Crippen LogP contribution in [0.15, 0.2) is 24.3 Å². The van der Waals surface area contributed by atoms with Gasteiger partial charge in [-0.25, -0.2) is 0 Å². The second-order valence-corrected chi connectivity index (χ2v) is 5.41. The first-order valence-electron chi connectivity index (χ1n) is 7.14. The largest absolute Gasteiger partial charge is 0.484 e. The van der Waals surface area contributed by atoms with Crippen LogP contribution in [0.2, 0.25) is 0 Å². The summed E-state index contributed by atoms with van der Waals surface area (Å²) < 4.78 is 41.3. The van der Waals surface area contributed by atoms with E-state index in [1.54, 1.807) is 18.2 Å². The molecule has 1 heterocycles. The lowest BCUT2D eigenvalue weighted by Crippen LogP contribution is -2.43. The molecule has 6 heteroatoms. The molecular weight excluding hydrogens is 281 g/mol. The highest BCUT2D eigenvalue weighted by Gasteiger charge is 2.28. The topological polar surface area (TPSA) is 24.5 Å². The Morgan fingerprint density at radius 1 is 1.38 bits per heavy atom. The van der Waals surface area contributed by atoms with E-state index in [0.29, 0.717) is 6.04 Å². The lowest BCUT2D eigenvalue weighted by atomic mass is 10.1. The Morgan fingerprint density at radius 2 is 2.19 bits per heavy atom. The number of likely N-dealkylation sites (N-methyl/N-ethyl adjacent to an activating group) is 1. The highest BCUT2D eigenvalue weighted by Crippen LogP contribution is 2.21. The molecule has 1 saturated heterocycles. The summed E-state index contributed by atoms with van der Waals surface area (Å²) in [6.45, 7) is 1.47. The number of nitrogens with one attached hydrogen (secondary N) is 1. The highest BCUT2D eigenvalue weighted by molar-refractivity contribution is 5.28. The zero-order chi connectivity index (χ0) is 15.3. The van der Waals surface area contributed by atoms with Crippen LogP contribution in [-0.4, -0.2) is 43.9 Å². The molecule has 0 radical (unpaired) electrons. The Morgan fingerprint density at radius 3 is 2.90 bits per heavy atom. The van der Waals surface area contributed by atoms with E-state index in [0.717, 1.165) is 31.6 Å². The van der Waals surface area contributed by atoms with Gasteiger partial charge in [-0.15, -0.1) is 0 Å². The lowest BCUT2D eigenvalue weighted by molar-refractivity contribution is -0.153. The van der Waals surface area contributed by atoms with Crippen molar-refractivity contribution >= 4 is 0 Å². The van der Waals surface area contributed by atoms with Crippen LogP contribution in [-0.2, 0) is 6.54 Å². The number of ether oxygens (including phenoxy) is 1. The van der Waals surface area contributed by atoms with E-state index < -0.39 is 12.8 Å². The van der Waals surface area contributed by atoms with Crippen molar-refractivity contribution in [1.29, 1.82) is 0 Å². The van der Waals surface area contributed by atoms with Gasteiger partial charge in [-0.3, -0.25) is 4.90 Å². The van der Waals surface area contributed by atoms with Gasteiger partial charge in [-0.05, 0) is 44.1 Å².